The molecule has 0 bridgehead atoms. The fraction of sp³-hybridized carbons (Fsp3) is 0.600. The van der Waals surface area contributed by atoms with Crippen molar-refractivity contribution >= 4 is 23.2 Å². The molecule has 1 aliphatic rings. The molecular formula is C15H22N2O2S. The van der Waals surface area contributed by atoms with Gasteiger partial charge in [0.1, 0.15) is 5.54 Å². The lowest BCUT2D eigenvalue weighted by atomic mass is 10.0. The van der Waals surface area contributed by atoms with E-state index in [2.05, 4.69) is 31.3 Å². The van der Waals surface area contributed by atoms with Gasteiger partial charge in [0, 0.05) is 35.2 Å². The Hall–Kier alpha value is -1.36. The number of nitrogens with zero attached hydrogens (tertiary/aromatic N) is 1. The lowest BCUT2D eigenvalue weighted by Gasteiger charge is -2.33. The molecule has 1 aliphatic heterocycles. The Morgan fingerprint density at radius 2 is 2.10 bits per heavy atom. The number of carbonyl (C=O) groups excluding carboxylic acids is 2. The fourth-order valence-corrected chi connectivity index (χ4v) is 3.57. The molecule has 2 rings (SSSR count). The van der Waals surface area contributed by atoms with E-state index in [0.29, 0.717) is 13.0 Å². The van der Waals surface area contributed by atoms with Crippen LogP contribution in [0.2, 0.25) is 0 Å². The molecule has 0 aliphatic carbocycles. The number of nitrogens with one attached hydrogen (secondary N) is 1. The summed E-state index contributed by atoms with van der Waals surface area (Å²) in [6, 6.07) is 4.33. The second kappa shape index (κ2) is 5.56. The van der Waals surface area contributed by atoms with Crippen molar-refractivity contribution in [2.24, 2.45) is 0 Å². The summed E-state index contributed by atoms with van der Waals surface area (Å²) < 4.78 is 0. The van der Waals surface area contributed by atoms with Crippen molar-refractivity contribution in [3.8, 4) is 0 Å². The summed E-state index contributed by atoms with van der Waals surface area (Å²) in [7, 11) is 0. The third-order valence-corrected chi connectivity index (χ3v) is 4.67. The zero-order valence-corrected chi connectivity index (χ0v) is 13.3. The lowest BCUT2D eigenvalue weighted by Crippen LogP contribution is -2.54. The summed E-state index contributed by atoms with van der Waals surface area (Å²) in [5, 5.41) is 2.79. The Morgan fingerprint density at radius 1 is 1.40 bits per heavy atom. The number of rotatable bonds is 3. The van der Waals surface area contributed by atoms with Crippen LogP contribution in [0.15, 0.2) is 12.1 Å². The van der Waals surface area contributed by atoms with Crippen molar-refractivity contribution in [1.29, 1.82) is 0 Å². The van der Waals surface area contributed by atoms with Crippen molar-refractivity contribution in [1.82, 2.24) is 10.2 Å². The van der Waals surface area contributed by atoms with Crippen LogP contribution in [0.3, 0.4) is 0 Å². The average Bonchev–Trinajstić information content (AvgIpc) is 2.69. The molecule has 1 atom stereocenters. The Kier molecular flexibility index (Phi) is 4.18. The van der Waals surface area contributed by atoms with Gasteiger partial charge in [-0.25, -0.2) is 0 Å². The van der Waals surface area contributed by atoms with Gasteiger partial charge in [0.05, 0.1) is 0 Å². The van der Waals surface area contributed by atoms with Crippen LogP contribution in [0.5, 0.6) is 0 Å². The molecule has 1 aromatic heterocycles. The molecule has 0 saturated carbocycles. The second-order valence-corrected chi connectivity index (χ2v) is 7.36. The first-order chi connectivity index (χ1) is 9.29. The summed E-state index contributed by atoms with van der Waals surface area (Å²) in [5.41, 5.74) is -0.812. The normalized spacial score (nSPS) is 20.5. The molecule has 20 heavy (non-hydrogen) atoms. The molecule has 0 radical (unpaired) electrons. The number of aryl methyl sites for hydroxylation is 1. The summed E-state index contributed by atoms with van der Waals surface area (Å²) in [6.45, 7) is 8.18. The minimum absolute atomic E-state index is 0.00382. The maximum absolute atomic E-state index is 12.6. The number of thiophene rings is 1. The summed E-state index contributed by atoms with van der Waals surface area (Å²) in [6.07, 6.45) is 1.22. The first-order valence-corrected chi connectivity index (χ1v) is 7.78. The monoisotopic (exact) mass is 294 g/mol. The molecule has 1 saturated heterocycles. The van der Waals surface area contributed by atoms with E-state index in [-0.39, 0.29) is 17.9 Å². The van der Waals surface area contributed by atoms with Crippen LogP contribution in [0.1, 0.15) is 36.9 Å². The minimum atomic E-state index is -0.812. The molecule has 0 spiro atoms. The van der Waals surface area contributed by atoms with Crippen molar-refractivity contribution in [3.63, 3.8) is 0 Å². The van der Waals surface area contributed by atoms with E-state index in [1.807, 2.05) is 4.90 Å². The minimum Gasteiger partial charge on any atom is -0.342 e. The summed E-state index contributed by atoms with van der Waals surface area (Å²) >= 11 is 1.77. The van der Waals surface area contributed by atoms with Crippen molar-refractivity contribution < 1.29 is 9.59 Å². The molecule has 1 aromatic rings. The van der Waals surface area contributed by atoms with Crippen molar-refractivity contribution in [2.75, 3.05) is 6.54 Å². The molecule has 4 nitrogen and oxygen atoms in total. The smallest absolute Gasteiger partial charge is 0.248 e. The standard InChI is InChI=1S/C15H22N2O2S/c1-10(9-12-6-5-11(2)20-12)17-8-7-13(18)16-15(3,4)14(17)19/h5-6,10H,7-9H2,1-4H3,(H,16,18). The number of carbonyl (C=O) groups is 2. The van der Waals surface area contributed by atoms with E-state index >= 15 is 0 Å². The Balaban J connectivity index is 2.13. The predicted molar refractivity (Wildman–Crippen MR) is 80.8 cm³/mol. The largest absolute Gasteiger partial charge is 0.342 e. The van der Waals surface area contributed by atoms with E-state index in [1.54, 1.807) is 25.2 Å². The van der Waals surface area contributed by atoms with Crippen LogP contribution >= 0.6 is 11.3 Å². The first-order valence-electron chi connectivity index (χ1n) is 6.97. The maximum atomic E-state index is 12.6. The first kappa shape index (κ1) is 15.0. The quantitative estimate of drug-likeness (QED) is 0.928. The van der Waals surface area contributed by atoms with Crippen LogP contribution < -0.4 is 5.32 Å². The van der Waals surface area contributed by atoms with Gasteiger partial charge in [-0.15, -0.1) is 11.3 Å². The Bertz CT molecular complexity index is 522. The van der Waals surface area contributed by atoms with Crippen molar-refractivity contribution in [2.45, 2.75) is 52.1 Å². The van der Waals surface area contributed by atoms with E-state index < -0.39 is 5.54 Å². The van der Waals surface area contributed by atoms with Gasteiger partial charge >= 0.3 is 0 Å². The number of amides is 2. The summed E-state index contributed by atoms with van der Waals surface area (Å²) in [4.78, 5) is 28.7. The van der Waals surface area contributed by atoms with Crippen LogP contribution in [0.4, 0.5) is 0 Å². The van der Waals surface area contributed by atoms with Gasteiger partial charge < -0.3 is 10.2 Å². The lowest BCUT2D eigenvalue weighted by molar-refractivity contribution is -0.139. The van der Waals surface area contributed by atoms with Gasteiger partial charge in [-0.3, -0.25) is 9.59 Å². The van der Waals surface area contributed by atoms with Crippen LogP contribution in [0.25, 0.3) is 0 Å². The van der Waals surface area contributed by atoms with Gasteiger partial charge in [0.25, 0.3) is 0 Å². The third kappa shape index (κ3) is 3.20. The summed E-state index contributed by atoms with van der Waals surface area (Å²) in [5.74, 6) is -0.0471. The second-order valence-electron chi connectivity index (χ2n) is 5.99. The SMILES string of the molecule is Cc1ccc(CC(C)N2CCC(=O)NC(C)(C)C2=O)s1. The average molecular weight is 294 g/mol. The van der Waals surface area contributed by atoms with E-state index in [1.165, 1.54) is 9.75 Å². The van der Waals surface area contributed by atoms with Crippen LogP contribution in [-0.2, 0) is 16.0 Å². The molecule has 5 heteroatoms. The van der Waals surface area contributed by atoms with E-state index in [9.17, 15) is 9.59 Å². The zero-order valence-electron chi connectivity index (χ0n) is 12.5. The maximum Gasteiger partial charge on any atom is 0.248 e. The molecule has 2 heterocycles. The Labute approximate surface area is 124 Å². The topological polar surface area (TPSA) is 49.4 Å². The van der Waals surface area contributed by atoms with Crippen LogP contribution in [-0.4, -0.2) is 34.8 Å². The van der Waals surface area contributed by atoms with Gasteiger partial charge in [-0.05, 0) is 39.8 Å². The van der Waals surface area contributed by atoms with Crippen molar-refractivity contribution in [3.05, 3.63) is 21.9 Å². The zero-order chi connectivity index (χ0) is 14.9. The molecular weight excluding hydrogens is 272 g/mol. The molecule has 0 aromatic carbocycles. The fourth-order valence-electron chi connectivity index (χ4n) is 2.56. The third-order valence-electron chi connectivity index (χ3n) is 3.65. The predicted octanol–water partition coefficient (Wildman–Crippen LogP) is 2.11. The highest BCUT2D eigenvalue weighted by atomic mass is 32.1. The van der Waals surface area contributed by atoms with Gasteiger partial charge in [-0.1, -0.05) is 0 Å². The molecule has 2 amide bonds. The highest BCUT2D eigenvalue weighted by Gasteiger charge is 2.38. The number of hydrogen-bond donors (Lipinski definition) is 1. The van der Waals surface area contributed by atoms with Gasteiger partial charge in [0.2, 0.25) is 11.8 Å². The molecule has 1 N–H and O–H groups in total. The van der Waals surface area contributed by atoms with Crippen LogP contribution in [0, 0.1) is 6.92 Å². The van der Waals surface area contributed by atoms with E-state index in [0.717, 1.165) is 6.42 Å². The molecule has 1 fully saturated rings. The highest BCUT2D eigenvalue weighted by molar-refractivity contribution is 7.11. The van der Waals surface area contributed by atoms with Gasteiger partial charge in [-0.2, -0.15) is 0 Å². The Morgan fingerprint density at radius 3 is 2.70 bits per heavy atom. The molecule has 1 unspecified atom stereocenters. The number of hydrogen-bond acceptors (Lipinski definition) is 3. The van der Waals surface area contributed by atoms with E-state index in [4.69, 9.17) is 0 Å². The molecule has 110 valence electrons. The van der Waals surface area contributed by atoms with Gasteiger partial charge in [0.15, 0.2) is 0 Å². The highest BCUT2D eigenvalue weighted by Crippen LogP contribution is 2.21.